The molecule has 0 atom stereocenters. The molecule has 0 N–H and O–H groups in total. The highest BCUT2D eigenvalue weighted by Crippen LogP contribution is 2.29. The lowest BCUT2D eigenvalue weighted by Gasteiger charge is -2.40. The van der Waals surface area contributed by atoms with Crippen molar-refractivity contribution in [3.63, 3.8) is 0 Å². The van der Waals surface area contributed by atoms with Crippen molar-refractivity contribution in [2.24, 2.45) is 5.41 Å². The van der Waals surface area contributed by atoms with Gasteiger partial charge in [-0.1, -0.05) is 20.8 Å². The number of piperidine rings is 1. The van der Waals surface area contributed by atoms with Gasteiger partial charge < -0.3 is 9.80 Å². The molecule has 21 heavy (non-hydrogen) atoms. The summed E-state index contributed by atoms with van der Waals surface area (Å²) < 4.78 is 1.03. The zero-order valence-corrected chi connectivity index (χ0v) is 14.9. The minimum Gasteiger partial charge on any atom is -0.370 e. The monoisotopic (exact) mass is 353 g/mol. The molecule has 1 amide bonds. The highest BCUT2D eigenvalue weighted by molar-refractivity contribution is 9.10. The molecule has 1 fully saturated rings. The summed E-state index contributed by atoms with van der Waals surface area (Å²) in [6.45, 7) is 7.88. The molecule has 0 unspecified atom stereocenters. The van der Waals surface area contributed by atoms with Crippen LogP contribution in [-0.2, 0) is 4.79 Å². The normalized spacial score (nSPS) is 16.9. The van der Waals surface area contributed by atoms with E-state index in [-0.39, 0.29) is 11.3 Å². The maximum Gasteiger partial charge on any atom is 0.227 e. The van der Waals surface area contributed by atoms with Crippen LogP contribution in [0.2, 0.25) is 0 Å². The van der Waals surface area contributed by atoms with Crippen molar-refractivity contribution in [2.75, 3.05) is 25.0 Å². The second-order valence-electron chi connectivity index (χ2n) is 6.71. The zero-order chi connectivity index (χ0) is 15.6. The number of hydrogen-bond donors (Lipinski definition) is 0. The number of carbonyl (C=O) groups excluding carboxylic acids is 1. The fourth-order valence-electron chi connectivity index (χ4n) is 2.81. The zero-order valence-electron chi connectivity index (χ0n) is 13.3. The van der Waals surface area contributed by atoms with E-state index < -0.39 is 0 Å². The van der Waals surface area contributed by atoms with Gasteiger partial charge in [-0.15, -0.1) is 0 Å². The molecule has 4 nitrogen and oxygen atoms in total. The van der Waals surface area contributed by atoms with Gasteiger partial charge in [0.05, 0.1) is 10.2 Å². The number of pyridine rings is 1. The minimum atomic E-state index is -0.306. The largest absolute Gasteiger partial charge is 0.370 e. The Morgan fingerprint density at radius 1 is 1.38 bits per heavy atom. The van der Waals surface area contributed by atoms with Crippen LogP contribution in [0.15, 0.2) is 22.9 Å². The van der Waals surface area contributed by atoms with Crippen LogP contribution in [0.25, 0.3) is 0 Å². The van der Waals surface area contributed by atoms with Gasteiger partial charge >= 0.3 is 0 Å². The van der Waals surface area contributed by atoms with Crippen molar-refractivity contribution < 1.29 is 4.79 Å². The summed E-state index contributed by atoms with van der Waals surface area (Å²) in [6.07, 6.45) is 5.66. The first-order valence-corrected chi connectivity index (χ1v) is 8.21. The molecule has 1 aliphatic heterocycles. The number of hydrogen-bond acceptors (Lipinski definition) is 3. The van der Waals surface area contributed by atoms with E-state index in [1.807, 2.05) is 51.2 Å². The molecule has 1 aromatic heterocycles. The number of amides is 1. The first-order chi connectivity index (χ1) is 9.80. The van der Waals surface area contributed by atoms with Gasteiger partial charge in [-0.3, -0.25) is 9.78 Å². The number of rotatable bonds is 2. The second-order valence-corrected chi connectivity index (χ2v) is 7.57. The fraction of sp³-hybridized carbons (Fsp3) is 0.625. The molecule has 116 valence electrons. The van der Waals surface area contributed by atoms with Crippen LogP contribution in [0.5, 0.6) is 0 Å². The van der Waals surface area contributed by atoms with Crippen molar-refractivity contribution >= 4 is 27.5 Å². The van der Waals surface area contributed by atoms with Crippen LogP contribution in [0.3, 0.4) is 0 Å². The third-order valence-electron chi connectivity index (χ3n) is 4.07. The predicted octanol–water partition coefficient (Wildman–Crippen LogP) is 3.32. The summed E-state index contributed by atoms with van der Waals surface area (Å²) in [5, 5.41) is 0. The molecule has 2 heterocycles. The van der Waals surface area contributed by atoms with E-state index in [0.29, 0.717) is 6.04 Å². The molecule has 0 aliphatic carbocycles. The van der Waals surface area contributed by atoms with E-state index in [9.17, 15) is 4.79 Å². The van der Waals surface area contributed by atoms with Crippen LogP contribution in [0.4, 0.5) is 5.69 Å². The van der Waals surface area contributed by atoms with E-state index >= 15 is 0 Å². The van der Waals surface area contributed by atoms with Gasteiger partial charge in [-0.05, 0) is 34.8 Å². The van der Waals surface area contributed by atoms with Crippen LogP contribution in [-0.4, -0.2) is 42.0 Å². The summed E-state index contributed by atoms with van der Waals surface area (Å²) in [7, 11) is 1.94. The van der Waals surface area contributed by atoms with Gasteiger partial charge in [0, 0.05) is 44.0 Å². The molecular formula is C16H24BrN3O. The van der Waals surface area contributed by atoms with Gasteiger partial charge in [0.1, 0.15) is 0 Å². The molecule has 1 aliphatic rings. The lowest BCUT2D eigenvalue weighted by molar-refractivity contribution is -0.140. The summed E-state index contributed by atoms with van der Waals surface area (Å²) >= 11 is 3.56. The van der Waals surface area contributed by atoms with E-state index in [4.69, 9.17) is 0 Å². The number of aromatic nitrogens is 1. The highest BCUT2D eigenvalue weighted by Gasteiger charge is 2.31. The maximum absolute atomic E-state index is 12.4. The smallest absolute Gasteiger partial charge is 0.227 e. The van der Waals surface area contributed by atoms with E-state index in [0.717, 1.165) is 30.4 Å². The molecule has 0 bridgehead atoms. The van der Waals surface area contributed by atoms with Crippen LogP contribution >= 0.6 is 15.9 Å². The quantitative estimate of drug-likeness (QED) is 0.818. The predicted molar refractivity (Wildman–Crippen MR) is 89.4 cm³/mol. The molecule has 0 saturated carbocycles. The van der Waals surface area contributed by atoms with Crippen molar-refractivity contribution in [3.8, 4) is 0 Å². The van der Waals surface area contributed by atoms with Gasteiger partial charge in [0.25, 0.3) is 0 Å². The minimum absolute atomic E-state index is 0.228. The average molecular weight is 354 g/mol. The first-order valence-electron chi connectivity index (χ1n) is 7.42. The third-order valence-corrected chi connectivity index (χ3v) is 4.68. The maximum atomic E-state index is 12.4. The van der Waals surface area contributed by atoms with Crippen LogP contribution in [0.1, 0.15) is 33.6 Å². The van der Waals surface area contributed by atoms with Crippen LogP contribution in [0, 0.1) is 5.41 Å². The van der Waals surface area contributed by atoms with Crippen molar-refractivity contribution in [1.82, 2.24) is 9.88 Å². The number of anilines is 1. The molecule has 1 saturated heterocycles. The lowest BCUT2D eigenvalue weighted by Crippen LogP contribution is -2.48. The topological polar surface area (TPSA) is 36.4 Å². The molecular weight excluding hydrogens is 330 g/mol. The van der Waals surface area contributed by atoms with E-state index in [1.54, 1.807) is 0 Å². The number of carbonyl (C=O) groups is 1. The van der Waals surface area contributed by atoms with Crippen molar-refractivity contribution in [2.45, 2.75) is 39.7 Å². The summed E-state index contributed by atoms with van der Waals surface area (Å²) in [5.41, 5.74) is 0.883. The Hall–Kier alpha value is -1.10. The Morgan fingerprint density at radius 2 is 2.00 bits per heavy atom. The van der Waals surface area contributed by atoms with E-state index in [1.165, 1.54) is 5.69 Å². The fourth-order valence-corrected chi connectivity index (χ4v) is 3.31. The second kappa shape index (κ2) is 6.34. The van der Waals surface area contributed by atoms with Gasteiger partial charge in [0.15, 0.2) is 0 Å². The summed E-state index contributed by atoms with van der Waals surface area (Å²) in [6, 6.07) is 2.38. The average Bonchev–Trinajstić information content (AvgIpc) is 2.45. The van der Waals surface area contributed by atoms with Gasteiger partial charge in [0.2, 0.25) is 5.91 Å². The standard InChI is InChI=1S/C16H24BrN3O/c1-16(2,3)15(21)19(4)12-6-9-20(10-7-12)14-5-8-18-11-13(14)17/h5,8,11-12H,6-7,9-10H2,1-4H3. The van der Waals surface area contributed by atoms with Crippen molar-refractivity contribution in [1.29, 1.82) is 0 Å². The molecule has 1 aromatic rings. The first kappa shape index (κ1) is 16.3. The molecule has 5 heteroatoms. The number of halogens is 1. The molecule has 0 aromatic carbocycles. The Bertz CT molecular complexity index is 504. The Kier molecular flexibility index (Phi) is 4.91. The van der Waals surface area contributed by atoms with E-state index in [2.05, 4.69) is 25.8 Å². The lowest BCUT2D eigenvalue weighted by atomic mass is 9.92. The number of nitrogens with zero attached hydrogens (tertiary/aromatic N) is 3. The van der Waals surface area contributed by atoms with Crippen molar-refractivity contribution in [3.05, 3.63) is 22.9 Å². The SMILES string of the molecule is CN(C(=O)C(C)(C)C)C1CCN(c2ccncc2Br)CC1. The highest BCUT2D eigenvalue weighted by atomic mass is 79.9. The van der Waals surface area contributed by atoms with Crippen LogP contribution < -0.4 is 4.90 Å². The Balaban J connectivity index is 1.98. The Labute approximate surface area is 135 Å². The molecule has 0 radical (unpaired) electrons. The van der Waals surface area contributed by atoms with Gasteiger partial charge in [-0.25, -0.2) is 0 Å². The third kappa shape index (κ3) is 3.76. The molecule has 2 rings (SSSR count). The van der Waals surface area contributed by atoms with Gasteiger partial charge in [-0.2, -0.15) is 0 Å². The molecule has 0 spiro atoms. The summed E-state index contributed by atoms with van der Waals surface area (Å²) in [4.78, 5) is 20.8. The Morgan fingerprint density at radius 3 is 2.52 bits per heavy atom. The summed E-state index contributed by atoms with van der Waals surface area (Å²) in [5.74, 6) is 0.228.